The van der Waals surface area contributed by atoms with Gasteiger partial charge in [-0.15, -0.1) is 0 Å². The van der Waals surface area contributed by atoms with Crippen molar-refractivity contribution in [3.05, 3.63) is 24.3 Å². The van der Waals surface area contributed by atoms with Crippen LogP contribution in [0.2, 0.25) is 0 Å². The summed E-state index contributed by atoms with van der Waals surface area (Å²) in [5.41, 5.74) is 6.35. The lowest BCUT2D eigenvalue weighted by Gasteiger charge is -2.17. The Kier molecular flexibility index (Phi) is 5.08. The summed E-state index contributed by atoms with van der Waals surface area (Å²) in [5.74, 6) is -0.170. The van der Waals surface area contributed by atoms with Crippen LogP contribution >= 0.6 is 0 Å². The average Bonchev–Trinajstić information content (AvgIpc) is 2.36. The van der Waals surface area contributed by atoms with Crippen LogP contribution in [0.3, 0.4) is 0 Å². The maximum absolute atomic E-state index is 11.8. The second-order valence-electron chi connectivity index (χ2n) is 4.70. The normalized spacial score (nSPS) is 14.7. The van der Waals surface area contributed by atoms with E-state index in [1.807, 2.05) is 13.8 Å². The third kappa shape index (κ3) is 4.33. The molecule has 5 nitrogen and oxygen atoms in total. The number of hydrogen-bond acceptors (Lipinski definition) is 4. The zero-order valence-electron chi connectivity index (χ0n) is 11.4. The molecule has 6 heteroatoms. The highest BCUT2D eigenvalue weighted by Gasteiger charge is 2.19. The smallest absolute Gasteiger partial charge is 0.241 e. The van der Waals surface area contributed by atoms with Crippen molar-refractivity contribution in [1.29, 1.82) is 0 Å². The van der Waals surface area contributed by atoms with Gasteiger partial charge in [-0.05, 0) is 30.2 Å². The average molecular weight is 284 g/mol. The molecule has 0 heterocycles. The van der Waals surface area contributed by atoms with Gasteiger partial charge in [0.1, 0.15) is 0 Å². The molecule has 19 heavy (non-hydrogen) atoms. The third-order valence-corrected chi connectivity index (χ3v) is 4.24. The van der Waals surface area contributed by atoms with Crippen LogP contribution in [0.15, 0.2) is 29.2 Å². The molecule has 0 saturated heterocycles. The van der Waals surface area contributed by atoms with Crippen LogP contribution in [-0.4, -0.2) is 26.6 Å². The number of nitrogens with one attached hydrogen (secondary N) is 1. The van der Waals surface area contributed by atoms with Crippen LogP contribution < -0.4 is 11.1 Å². The zero-order chi connectivity index (χ0) is 14.6. The van der Waals surface area contributed by atoms with Crippen LogP contribution in [0.4, 0.5) is 5.69 Å². The monoisotopic (exact) mass is 284 g/mol. The first-order chi connectivity index (χ1) is 8.75. The van der Waals surface area contributed by atoms with Gasteiger partial charge < -0.3 is 11.1 Å². The van der Waals surface area contributed by atoms with Gasteiger partial charge in [-0.2, -0.15) is 0 Å². The first-order valence-electron chi connectivity index (χ1n) is 6.12. The van der Waals surface area contributed by atoms with Crippen molar-refractivity contribution >= 4 is 21.4 Å². The Morgan fingerprint density at radius 2 is 1.84 bits per heavy atom. The second kappa shape index (κ2) is 6.16. The quantitative estimate of drug-likeness (QED) is 0.855. The van der Waals surface area contributed by atoms with Crippen LogP contribution in [0.25, 0.3) is 0 Å². The number of carbonyl (C=O) groups is 1. The number of anilines is 1. The molecule has 1 rings (SSSR count). The molecular formula is C13H20N2O3S. The maximum atomic E-state index is 11.8. The summed E-state index contributed by atoms with van der Waals surface area (Å²) in [7, 11) is -3.22. The topological polar surface area (TPSA) is 89.3 Å². The minimum absolute atomic E-state index is 0.0929. The predicted octanol–water partition coefficient (Wildman–Crippen LogP) is 1.40. The molecule has 0 aliphatic rings. The van der Waals surface area contributed by atoms with Gasteiger partial charge in [0.2, 0.25) is 5.91 Å². The molecule has 0 aromatic heterocycles. The molecule has 0 aliphatic carbocycles. The summed E-state index contributed by atoms with van der Waals surface area (Å²) in [6, 6.07) is 5.45. The molecular weight excluding hydrogens is 264 g/mol. The second-order valence-corrected chi connectivity index (χ2v) is 6.71. The van der Waals surface area contributed by atoms with Crippen molar-refractivity contribution in [2.24, 2.45) is 11.7 Å². The first kappa shape index (κ1) is 15.7. The number of rotatable bonds is 5. The lowest BCUT2D eigenvalue weighted by atomic mass is 9.99. The fourth-order valence-corrected chi connectivity index (χ4v) is 2.15. The molecule has 0 saturated carbocycles. The number of carbonyl (C=O) groups excluding carboxylic acids is 1. The summed E-state index contributed by atoms with van der Waals surface area (Å²) in [6.07, 6.45) is 1.96. The van der Waals surface area contributed by atoms with Crippen molar-refractivity contribution in [1.82, 2.24) is 0 Å². The van der Waals surface area contributed by atoms with E-state index in [-0.39, 0.29) is 16.7 Å². The summed E-state index contributed by atoms with van der Waals surface area (Å²) >= 11 is 0. The molecule has 106 valence electrons. The molecule has 2 atom stereocenters. The Labute approximate surface area is 114 Å². The summed E-state index contributed by atoms with van der Waals surface area (Å²) in [5, 5.41) is 2.68. The van der Waals surface area contributed by atoms with E-state index in [9.17, 15) is 13.2 Å². The maximum Gasteiger partial charge on any atom is 0.241 e. The van der Waals surface area contributed by atoms with Gasteiger partial charge >= 0.3 is 0 Å². The van der Waals surface area contributed by atoms with Gasteiger partial charge in [0.05, 0.1) is 10.9 Å². The number of amides is 1. The largest absolute Gasteiger partial charge is 0.325 e. The Morgan fingerprint density at radius 1 is 1.32 bits per heavy atom. The molecule has 0 spiro atoms. The Bertz CT molecular complexity index is 538. The van der Waals surface area contributed by atoms with Crippen LogP contribution in [0, 0.1) is 5.92 Å². The van der Waals surface area contributed by atoms with Crippen LogP contribution in [0.5, 0.6) is 0 Å². The lowest BCUT2D eigenvalue weighted by Crippen LogP contribution is -2.40. The zero-order valence-corrected chi connectivity index (χ0v) is 12.2. The standard InChI is InChI=1S/C13H20N2O3S/c1-4-9(2)12(14)13(16)15-10-5-7-11(8-6-10)19(3,17)18/h5-9,12H,4,14H2,1-3H3,(H,15,16)/t9-,12-/m0/s1. The fraction of sp³-hybridized carbons (Fsp3) is 0.462. The highest BCUT2D eigenvalue weighted by atomic mass is 32.2. The SMILES string of the molecule is CC[C@H](C)[C@H](N)C(=O)Nc1ccc(S(C)(=O)=O)cc1. The third-order valence-electron chi connectivity index (χ3n) is 3.11. The predicted molar refractivity (Wildman–Crippen MR) is 75.6 cm³/mol. The lowest BCUT2D eigenvalue weighted by molar-refractivity contribution is -0.118. The first-order valence-corrected chi connectivity index (χ1v) is 8.01. The number of hydrogen-bond donors (Lipinski definition) is 2. The summed E-state index contributed by atoms with van der Waals surface area (Å²) in [6.45, 7) is 3.88. The Balaban J connectivity index is 2.76. The van der Waals surface area contributed by atoms with Crippen LogP contribution in [-0.2, 0) is 14.6 Å². The molecule has 0 radical (unpaired) electrons. The van der Waals surface area contributed by atoms with Crippen molar-refractivity contribution in [3.8, 4) is 0 Å². The molecule has 0 aliphatic heterocycles. The minimum atomic E-state index is -3.22. The molecule has 0 bridgehead atoms. The van der Waals surface area contributed by atoms with Crippen molar-refractivity contribution in [2.45, 2.75) is 31.2 Å². The van der Waals surface area contributed by atoms with E-state index < -0.39 is 15.9 Å². The van der Waals surface area contributed by atoms with Gasteiger partial charge in [-0.3, -0.25) is 4.79 Å². The Hall–Kier alpha value is -1.40. The minimum Gasteiger partial charge on any atom is -0.325 e. The highest BCUT2D eigenvalue weighted by Crippen LogP contribution is 2.15. The number of nitrogens with two attached hydrogens (primary N) is 1. The van der Waals surface area contributed by atoms with Crippen molar-refractivity contribution in [3.63, 3.8) is 0 Å². The molecule has 0 unspecified atom stereocenters. The van der Waals surface area contributed by atoms with Gasteiger partial charge in [-0.25, -0.2) is 8.42 Å². The highest BCUT2D eigenvalue weighted by molar-refractivity contribution is 7.90. The van der Waals surface area contributed by atoms with Gasteiger partial charge in [0.25, 0.3) is 0 Å². The van der Waals surface area contributed by atoms with Gasteiger partial charge in [0, 0.05) is 11.9 Å². The van der Waals surface area contributed by atoms with Crippen molar-refractivity contribution < 1.29 is 13.2 Å². The number of benzene rings is 1. The van der Waals surface area contributed by atoms with E-state index in [1.54, 1.807) is 12.1 Å². The van der Waals surface area contributed by atoms with Crippen molar-refractivity contribution in [2.75, 3.05) is 11.6 Å². The molecule has 1 aromatic carbocycles. The van der Waals surface area contributed by atoms with E-state index >= 15 is 0 Å². The fourth-order valence-electron chi connectivity index (χ4n) is 1.52. The van der Waals surface area contributed by atoms with Gasteiger partial charge in [-0.1, -0.05) is 20.3 Å². The van der Waals surface area contributed by atoms with E-state index in [0.29, 0.717) is 5.69 Å². The summed E-state index contributed by atoms with van der Waals surface area (Å²) in [4.78, 5) is 12.1. The van der Waals surface area contributed by atoms with E-state index in [4.69, 9.17) is 5.73 Å². The number of sulfone groups is 1. The van der Waals surface area contributed by atoms with E-state index in [1.165, 1.54) is 12.1 Å². The van der Waals surface area contributed by atoms with Crippen LogP contribution in [0.1, 0.15) is 20.3 Å². The molecule has 1 amide bonds. The summed E-state index contributed by atoms with van der Waals surface area (Å²) < 4.78 is 22.6. The molecule has 3 N–H and O–H groups in total. The molecule has 1 aromatic rings. The van der Waals surface area contributed by atoms with Gasteiger partial charge in [0.15, 0.2) is 9.84 Å². The Morgan fingerprint density at radius 3 is 2.26 bits per heavy atom. The molecule has 0 fully saturated rings. The van der Waals surface area contributed by atoms with E-state index in [0.717, 1.165) is 12.7 Å². The van der Waals surface area contributed by atoms with E-state index in [2.05, 4.69) is 5.32 Å².